The molecular weight excluding hydrogens is 378 g/mol. The number of hydrogen-bond donors (Lipinski definition) is 1. The summed E-state index contributed by atoms with van der Waals surface area (Å²) in [5.74, 6) is 0. The third-order valence-electron chi connectivity index (χ3n) is 5.16. The van der Waals surface area contributed by atoms with Crippen LogP contribution in [-0.2, 0) is 26.5 Å². The lowest BCUT2D eigenvalue weighted by Gasteiger charge is -2.30. The fourth-order valence-corrected chi connectivity index (χ4v) is 4.80. The average Bonchev–Trinajstić information content (AvgIpc) is 3.08. The Labute approximate surface area is 164 Å². The maximum atomic E-state index is 12.8. The lowest BCUT2D eigenvalue weighted by atomic mass is 10.0. The van der Waals surface area contributed by atoms with Crippen molar-refractivity contribution in [2.75, 3.05) is 20.3 Å². The summed E-state index contributed by atoms with van der Waals surface area (Å²) >= 11 is 0. The van der Waals surface area contributed by atoms with E-state index in [1.54, 1.807) is 19.2 Å². The smallest absolute Gasteiger partial charge is 0.240 e. The highest BCUT2D eigenvalue weighted by atomic mass is 32.2. The number of aryl methyl sites for hydroxylation is 1. The van der Waals surface area contributed by atoms with Gasteiger partial charge in [-0.3, -0.25) is 4.68 Å². The lowest BCUT2D eigenvalue weighted by molar-refractivity contribution is -0.0448. The standard InChI is InChI=1S/C20H23N3O4S/c1-23-19-11-15(3-4-16(19)12-21-23)14-5-7-17(8-6-14)28(24,25)22-18-9-10-27-13-20(18)26-2/h3-8,11-12,18,20,22H,9-10,13H2,1-2H3/t18-,20-/m0/s1. The Morgan fingerprint density at radius 1 is 1.18 bits per heavy atom. The van der Waals surface area contributed by atoms with E-state index in [9.17, 15) is 8.42 Å². The normalized spacial score (nSPS) is 20.5. The van der Waals surface area contributed by atoms with E-state index in [-0.39, 0.29) is 17.0 Å². The quantitative estimate of drug-likeness (QED) is 0.710. The monoisotopic (exact) mass is 401 g/mol. The van der Waals surface area contributed by atoms with Gasteiger partial charge in [-0.05, 0) is 35.7 Å². The molecule has 8 heteroatoms. The van der Waals surface area contributed by atoms with E-state index in [0.717, 1.165) is 22.0 Å². The highest BCUT2D eigenvalue weighted by molar-refractivity contribution is 7.89. The minimum Gasteiger partial charge on any atom is -0.379 e. The summed E-state index contributed by atoms with van der Waals surface area (Å²) in [5.41, 5.74) is 2.99. The van der Waals surface area contributed by atoms with Crippen molar-refractivity contribution in [2.24, 2.45) is 7.05 Å². The lowest BCUT2D eigenvalue weighted by Crippen LogP contribution is -2.49. The first-order chi connectivity index (χ1) is 13.5. The van der Waals surface area contributed by atoms with Gasteiger partial charge in [-0.15, -0.1) is 0 Å². The first-order valence-corrected chi connectivity index (χ1v) is 10.6. The summed E-state index contributed by atoms with van der Waals surface area (Å²) in [6, 6.07) is 12.7. The topological polar surface area (TPSA) is 82.4 Å². The van der Waals surface area contributed by atoms with Crippen molar-refractivity contribution in [3.05, 3.63) is 48.7 Å². The van der Waals surface area contributed by atoms with Gasteiger partial charge in [-0.25, -0.2) is 13.1 Å². The molecule has 4 rings (SSSR count). The number of fused-ring (bicyclic) bond motifs is 1. The molecule has 2 atom stereocenters. The van der Waals surface area contributed by atoms with Crippen LogP contribution in [-0.4, -0.2) is 50.7 Å². The van der Waals surface area contributed by atoms with Crippen LogP contribution in [0.1, 0.15) is 6.42 Å². The van der Waals surface area contributed by atoms with Crippen LogP contribution >= 0.6 is 0 Å². The summed E-state index contributed by atoms with van der Waals surface area (Å²) < 4.78 is 40.8. The van der Waals surface area contributed by atoms with Crippen molar-refractivity contribution in [1.82, 2.24) is 14.5 Å². The van der Waals surface area contributed by atoms with Crippen molar-refractivity contribution in [2.45, 2.75) is 23.5 Å². The number of ether oxygens (including phenoxy) is 2. The molecule has 148 valence electrons. The minimum atomic E-state index is -3.63. The Morgan fingerprint density at radius 2 is 1.93 bits per heavy atom. The zero-order valence-corrected chi connectivity index (χ0v) is 16.6. The van der Waals surface area contributed by atoms with Crippen LogP contribution in [0.25, 0.3) is 22.0 Å². The molecule has 0 spiro atoms. The van der Waals surface area contributed by atoms with Crippen LogP contribution in [0.5, 0.6) is 0 Å². The van der Waals surface area contributed by atoms with E-state index in [4.69, 9.17) is 9.47 Å². The van der Waals surface area contributed by atoms with Crippen molar-refractivity contribution >= 4 is 20.9 Å². The van der Waals surface area contributed by atoms with Gasteiger partial charge >= 0.3 is 0 Å². The molecule has 28 heavy (non-hydrogen) atoms. The van der Waals surface area contributed by atoms with Gasteiger partial charge < -0.3 is 9.47 Å². The van der Waals surface area contributed by atoms with Crippen LogP contribution in [0.15, 0.2) is 53.6 Å². The number of rotatable bonds is 5. The molecule has 0 unspecified atom stereocenters. The molecule has 1 fully saturated rings. The molecule has 0 aliphatic carbocycles. The van der Waals surface area contributed by atoms with Crippen molar-refractivity contribution in [3.8, 4) is 11.1 Å². The van der Waals surface area contributed by atoms with Crippen molar-refractivity contribution in [1.29, 1.82) is 0 Å². The molecule has 3 aromatic rings. The van der Waals surface area contributed by atoms with Crippen LogP contribution in [0, 0.1) is 0 Å². The first kappa shape index (κ1) is 19.1. The Hall–Kier alpha value is -2.26. The summed E-state index contributed by atoms with van der Waals surface area (Å²) in [6.45, 7) is 0.904. The third-order valence-corrected chi connectivity index (χ3v) is 6.67. The van der Waals surface area contributed by atoms with Gasteiger partial charge in [0.25, 0.3) is 0 Å². The van der Waals surface area contributed by atoms with Crippen LogP contribution < -0.4 is 4.72 Å². The van der Waals surface area contributed by atoms with Gasteiger partial charge in [0.05, 0.1) is 35.4 Å². The maximum absolute atomic E-state index is 12.8. The van der Waals surface area contributed by atoms with Crippen molar-refractivity contribution in [3.63, 3.8) is 0 Å². The van der Waals surface area contributed by atoms with E-state index in [0.29, 0.717) is 19.6 Å². The minimum absolute atomic E-state index is 0.235. The molecule has 0 amide bonds. The number of nitrogens with zero attached hydrogens (tertiary/aromatic N) is 2. The Bertz CT molecular complexity index is 1080. The van der Waals surface area contributed by atoms with E-state index < -0.39 is 10.0 Å². The summed E-state index contributed by atoms with van der Waals surface area (Å²) in [4.78, 5) is 0.235. The number of sulfonamides is 1. The molecule has 1 aromatic heterocycles. The first-order valence-electron chi connectivity index (χ1n) is 9.13. The van der Waals surface area contributed by atoms with E-state index in [2.05, 4.69) is 15.9 Å². The Kier molecular flexibility index (Phi) is 5.20. The number of benzene rings is 2. The largest absolute Gasteiger partial charge is 0.379 e. The Balaban J connectivity index is 1.56. The third kappa shape index (κ3) is 3.68. The summed E-state index contributed by atoms with van der Waals surface area (Å²) in [6.07, 6.45) is 2.12. The van der Waals surface area contributed by atoms with Gasteiger partial charge in [-0.1, -0.05) is 24.3 Å². The van der Waals surface area contributed by atoms with Gasteiger partial charge in [0.1, 0.15) is 0 Å². The molecule has 1 aliphatic heterocycles. The molecule has 1 aliphatic rings. The van der Waals surface area contributed by atoms with E-state index in [1.807, 2.05) is 42.2 Å². The number of nitrogens with one attached hydrogen (secondary N) is 1. The SMILES string of the molecule is CO[C@H]1COCC[C@@H]1NS(=O)(=O)c1ccc(-c2ccc3cnn(C)c3c2)cc1. The zero-order valence-electron chi connectivity index (χ0n) is 15.8. The Morgan fingerprint density at radius 3 is 2.68 bits per heavy atom. The predicted octanol–water partition coefficient (Wildman–Crippen LogP) is 2.32. The number of aromatic nitrogens is 2. The maximum Gasteiger partial charge on any atom is 0.240 e. The van der Waals surface area contributed by atoms with Gasteiger partial charge in [0, 0.05) is 26.2 Å². The van der Waals surface area contributed by atoms with E-state index in [1.165, 1.54) is 0 Å². The van der Waals surface area contributed by atoms with Gasteiger partial charge in [0.15, 0.2) is 0 Å². The number of hydrogen-bond acceptors (Lipinski definition) is 5. The molecule has 2 aromatic carbocycles. The molecule has 7 nitrogen and oxygen atoms in total. The number of methoxy groups -OCH3 is 1. The summed E-state index contributed by atoms with van der Waals surface area (Å²) in [7, 11) is -0.170. The average molecular weight is 401 g/mol. The fraction of sp³-hybridized carbons (Fsp3) is 0.350. The van der Waals surface area contributed by atoms with Crippen molar-refractivity contribution < 1.29 is 17.9 Å². The molecular formula is C20H23N3O4S. The van der Waals surface area contributed by atoms with Crippen LogP contribution in [0.3, 0.4) is 0 Å². The molecule has 0 radical (unpaired) electrons. The van der Waals surface area contributed by atoms with Crippen LogP contribution in [0.4, 0.5) is 0 Å². The highest BCUT2D eigenvalue weighted by Gasteiger charge is 2.30. The molecule has 0 bridgehead atoms. The van der Waals surface area contributed by atoms with Gasteiger partial charge in [-0.2, -0.15) is 5.10 Å². The molecule has 1 N–H and O–H groups in total. The predicted molar refractivity (Wildman–Crippen MR) is 106 cm³/mol. The second-order valence-electron chi connectivity index (χ2n) is 6.93. The summed E-state index contributed by atoms with van der Waals surface area (Å²) in [5, 5.41) is 5.32. The fourth-order valence-electron chi connectivity index (χ4n) is 3.50. The van der Waals surface area contributed by atoms with Crippen LogP contribution in [0.2, 0.25) is 0 Å². The highest BCUT2D eigenvalue weighted by Crippen LogP contribution is 2.25. The van der Waals surface area contributed by atoms with Gasteiger partial charge in [0.2, 0.25) is 10.0 Å². The second kappa shape index (κ2) is 7.63. The molecule has 2 heterocycles. The van der Waals surface area contributed by atoms with E-state index >= 15 is 0 Å². The molecule has 1 saturated heterocycles. The molecule has 0 saturated carbocycles. The second-order valence-corrected chi connectivity index (χ2v) is 8.65. The zero-order chi connectivity index (χ0) is 19.7.